The van der Waals surface area contributed by atoms with Crippen molar-refractivity contribution in [3.05, 3.63) is 108 Å². The summed E-state index contributed by atoms with van der Waals surface area (Å²) in [6, 6.07) is 16.5. The number of hydrogen-bond acceptors (Lipinski definition) is 3. The first-order valence-corrected chi connectivity index (χ1v) is 13.7. The van der Waals surface area contributed by atoms with Crippen LogP contribution in [-0.4, -0.2) is 26.9 Å². The lowest BCUT2D eigenvalue weighted by Gasteiger charge is -2.47. The minimum absolute atomic E-state index is 0.184. The third-order valence-corrected chi connectivity index (χ3v) is 7.89. The quantitative estimate of drug-likeness (QED) is 0.340. The van der Waals surface area contributed by atoms with Crippen LogP contribution in [0, 0.1) is 5.92 Å². The molecule has 3 aromatic rings. The van der Waals surface area contributed by atoms with Gasteiger partial charge in [-0.05, 0) is 78.6 Å². The highest BCUT2D eigenvalue weighted by molar-refractivity contribution is 5.80. The van der Waals surface area contributed by atoms with E-state index in [0.717, 1.165) is 30.5 Å². The molecule has 1 aliphatic heterocycles. The van der Waals surface area contributed by atoms with E-state index in [1.54, 1.807) is 6.08 Å². The minimum atomic E-state index is -0.923. The van der Waals surface area contributed by atoms with Crippen molar-refractivity contribution < 1.29 is 9.90 Å². The van der Waals surface area contributed by atoms with Crippen LogP contribution in [-0.2, 0) is 17.8 Å². The molecule has 0 bridgehead atoms. The van der Waals surface area contributed by atoms with Crippen LogP contribution >= 0.6 is 0 Å². The Morgan fingerprint density at radius 3 is 2.58 bits per heavy atom. The summed E-state index contributed by atoms with van der Waals surface area (Å²) in [5.74, 6) is -0.150. The molecule has 5 rings (SSSR count). The van der Waals surface area contributed by atoms with E-state index in [4.69, 9.17) is 5.11 Å². The average molecular weight is 508 g/mol. The third kappa shape index (κ3) is 5.24. The molecule has 0 radical (unpaired) electrons. The summed E-state index contributed by atoms with van der Waals surface area (Å²) < 4.78 is 1.97. The molecule has 38 heavy (non-hydrogen) atoms. The lowest BCUT2D eigenvalue weighted by atomic mass is 9.78. The number of benzene rings is 2. The van der Waals surface area contributed by atoms with Gasteiger partial charge in [-0.1, -0.05) is 62.4 Å². The molecule has 0 saturated heterocycles. The summed E-state index contributed by atoms with van der Waals surface area (Å²) in [6.45, 7) is 9.76. The first-order valence-electron chi connectivity index (χ1n) is 13.7. The topological polar surface area (TPSA) is 58.4 Å². The van der Waals surface area contributed by atoms with Crippen LogP contribution in [0.3, 0.4) is 0 Å². The number of fused-ring (bicyclic) bond motifs is 1. The predicted octanol–water partition coefficient (Wildman–Crippen LogP) is 7.33. The van der Waals surface area contributed by atoms with Crippen molar-refractivity contribution in [1.29, 1.82) is 0 Å². The fourth-order valence-electron chi connectivity index (χ4n) is 5.84. The first-order chi connectivity index (χ1) is 18.3. The zero-order chi connectivity index (χ0) is 26.8. The van der Waals surface area contributed by atoms with Gasteiger partial charge < -0.3 is 10.0 Å². The van der Waals surface area contributed by atoms with Crippen molar-refractivity contribution >= 4 is 11.7 Å². The molecule has 2 aliphatic rings. The summed E-state index contributed by atoms with van der Waals surface area (Å²) in [4.78, 5) is 13.6. The molecule has 2 heterocycles. The highest BCUT2D eigenvalue weighted by atomic mass is 16.4. The van der Waals surface area contributed by atoms with Crippen molar-refractivity contribution in [2.75, 3.05) is 4.90 Å². The number of carbonyl (C=O) groups is 1. The number of allylic oxidation sites excluding steroid dienone is 4. The first kappa shape index (κ1) is 25.8. The van der Waals surface area contributed by atoms with Crippen molar-refractivity contribution in [2.24, 2.45) is 5.92 Å². The van der Waals surface area contributed by atoms with Crippen LogP contribution in [0.2, 0.25) is 0 Å². The van der Waals surface area contributed by atoms with Crippen LogP contribution in [0.4, 0.5) is 5.69 Å². The van der Waals surface area contributed by atoms with Crippen LogP contribution in [0.25, 0.3) is 11.1 Å². The van der Waals surface area contributed by atoms with Gasteiger partial charge in [0, 0.05) is 42.0 Å². The van der Waals surface area contributed by atoms with Crippen LogP contribution in [0.15, 0.2) is 90.8 Å². The van der Waals surface area contributed by atoms with Crippen molar-refractivity contribution in [3.63, 3.8) is 0 Å². The molecule has 0 saturated carbocycles. The molecule has 5 nitrogen and oxygen atoms in total. The molecule has 2 aromatic carbocycles. The predicted molar refractivity (Wildman–Crippen MR) is 154 cm³/mol. The average Bonchev–Trinajstić information content (AvgIpc) is 3.41. The van der Waals surface area contributed by atoms with Crippen molar-refractivity contribution in [3.8, 4) is 11.1 Å². The number of rotatable bonds is 7. The summed E-state index contributed by atoms with van der Waals surface area (Å²) in [5, 5.41) is 13.5. The lowest BCUT2D eigenvalue weighted by molar-refractivity contribution is -0.131. The lowest BCUT2D eigenvalue weighted by Crippen LogP contribution is -2.45. The molecule has 1 unspecified atom stereocenters. The largest absolute Gasteiger partial charge is 0.478 e. The van der Waals surface area contributed by atoms with Crippen molar-refractivity contribution in [2.45, 2.75) is 65.1 Å². The van der Waals surface area contributed by atoms with Gasteiger partial charge in [-0.3, -0.25) is 4.68 Å². The van der Waals surface area contributed by atoms with Crippen LogP contribution < -0.4 is 4.90 Å². The summed E-state index contributed by atoms with van der Waals surface area (Å²) >= 11 is 0. The number of aliphatic carboxylic acids is 1. The molecule has 1 N–H and O–H groups in total. The summed E-state index contributed by atoms with van der Waals surface area (Å²) in [7, 11) is 0. The molecular weight excluding hydrogens is 470 g/mol. The third-order valence-electron chi connectivity index (χ3n) is 7.89. The van der Waals surface area contributed by atoms with Crippen LogP contribution in [0.1, 0.15) is 62.8 Å². The van der Waals surface area contributed by atoms with E-state index in [9.17, 15) is 4.79 Å². The van der Waals surface area contributed by atoms with E-state index < -0.39 is 5.97 Å². The Balaban J connectivity index is 1.53. The van der Waals surface area contributed by atoms with Gasteiger partial charge in [0.1, 0.15) is 0 Å². The fraction of sp³-hybridized carbons (Fsp3) is 0.333. The Hall–Kier alpha value is -3.86. The highest BCUT2D eigenvalue weighted by Crippen LogP contribution is 2.45. The SMILES string of the molecule is CCn1cc(-c2ccc3c(c2)C[C@@H](C)N(c2ccc(C(C)C)cc2)[C@@H]3C2C=CC(/C=C/C(=O)O)=CC2)cn1. The molecule has 1 aromatic heterocycles. The molecular formula is C33H37N3O2. The number of carboxylic acids is 1. The standard InChI is InChI=1S/C33H37N3O2/c1-5-35-21-29(20-34-35)27-13-16-31-28(19-27)18-23(4)36(30-14-11-25(12-15-30)22(2)3)33(31)26-9-6-24(7-10-26)8-17-32(37)38/h6-9,11-17,19-23,26,33H,5,10,18H2,1-4H3,(H,37,38)/b17-8+/t23-,26?,33-/m1/s1. The van der Waals surface area contributed by atoms with Gasteiger partial charge in [0.05, 0.1) is 12.2 Å². The molecule has 3 atom stereocenters. The van der Waals surface area contributed by atoms with Gasteiger partial charge in [0.25, 0.3) is 0 Å². The number of carboxylic acid groups (broad SMARTS) is 1. The monoisotopic (exact) mass is 507 g/mol. The Morgan fingerprint density at radius 1 is 1.16 bits per heavy atom. The van der Waals surface area contributed by atoms with E-state index in [2.05, 4.69) is 105 Å². The second-order valence-corrected chi connectivity index (χ2v) is 10.8. The molecule has 0 fully saturated rings. The van der Waals surface area contributed by atoms with E-state index in [1.807, 2.05) is 10.9 Å². The van der Waals surface area contributed by atoms with Gasteiger partial charge in [0.15, 0.2) is 0 Å². The van der Waals surface area contributed by atoms with Gasteiger partial charge in [-0.25, -0.2) is 4.79 Å². The zero-order valence-electron chi connectivity index (χ0n) is 22.7. The number of hydrogen-bond donors (Lipinski definition) is 1. The maximum absolute atomic E-state index is 11.0. The van der Waals surface area contributed by atoms with E-state index in [0.29, 0.717) is 12.0 Å². The van der Waals surface area contributed by atoms with Gasteiger partial charge in [-0.2, -0.15) is 5.10 Å². The number of nitrogens with zero attached hydrogens (tertiary/aromatic N) is 3. The number of aryl methyl sites for hydroxylation is 1. The Labute approximate surface area is 225 Å². The van der Waals surface area contributed by atoms with Gasteiger partial charge in [-0.15, -0.1) is 0 Å². The van der Waals surface area contributed by atoms with Crippen molar-refractivity contribution in [1.82, 2.24) is 9.78 Å². The Morgan fingerprint density at radius 2 is 1.95 bits per heavy atom. The summed E-state index contributed by atoms with van der Waals surface area (Å²) in [5.41, 5.74) is 8.68. The Bertz CT molecular complexity index is 1390. The minimum Gasteiger partial charge on any atom is -0.478 e. The molecule has 5 heteroatoms. The molecule has 0 spiro atoms. The van der Waals surface area contributed by atoms with Gasteiger partial charge in [0.2, 0.25) is 0 Å². The molecule has 1 aliphatic carbocycles. The van der Waals surface area contributed by atoms with E-state index in [1.165, 1.54) is 34.0 Å². The van der Waals surface area contributed by atoms with E-state index >= 15 is 0 Å². The number of aromatic nitrogens is 2. The highest BCUT2D eigenvalue weighted by Gasteiger charge is 2.37. The maximum atomic E-state index is 11.0. The number of anilines is 1. The second-order valence-electron chi connectivity index (χ2n) is 10.8. The maximum Gasteiger partial charge on any atom is 0.328 e. The fourth-order valence-corrected chi connectivity index (χ4v) is 5.84. The Kier molecular flexibility index (Phi) is 7.37. The molecule has 196 valence electrons. The smallest absolute Gasteiger partial charge is 0.328 e. The second kappa shape index (κ2) is 10.9. The van der Waals surface area contributed by atoms with Crippen LogP contribution in [0.5, 0.6) is 0 Å². The zero-order valence-corrected chi connectivity index (χ0v) is 22.7. The normalized spacial score (nSPS) is 21.1. The summed E-state index contributed by atoms with van der Waals surface area (Å²) in [6.07, 6.45) is 15.3. The van der Waals surface area contributed by atoms with E-state index in [-0.39, 0.29) is 12.0 Å². The van der Waals surface area contributed by atoms with Gasteiger partial charge >= 0.3 is 5.97 Å². The molecule has 0 amide bonds.